The molecule has 1 N–H and O–H groups in total. The summed E-state index contributed by atoms with van der Waals surface area (Å²) >= 11 is 3.15. The van der Waals surface area contributed by atoms with Gasteiger partial charge in [0.05, 0.1) is 17.7 Å². The molecule has 196 valence electrons. The molecule has 14 heteroatoms. The van der Waals surface area contributed by atoms with E-state index in [0.29, 0.717) is 31.7 Å². The van der Waals surface area contributed by atoms with Gasteiger partial charge in [0, 0.05) is 48.7 Å². The maximum Gasteiger partial charge on any atom is 0.416 e. The molecule has 1 aliphatic rings. The number of nitrogens with zero attached hydrogens (tertiary/aromatic N) is 5. The van der Waals surface area contributed by atoms with E-state index < -0.39 is 28.4 Å². The Kier molecular flexibility index (Phi) is 8.74. The second-order valence-corrected chi connectivity index (χ2v) is 9.32. The number of amides is 1. The summed E-state index contributed by atoms with van der Waals surface area (Å²) < 4.78 is 44.7. The van der Waals surface area contributed by atoms with E-state index in [1.54, 1.807) is 19.1 Å². The van der Waals surface area contributed by atoms with Crippen LogP contribution in [0, 0.1) is 10.1 Å². The Labute approximate surface area is 213 Å². The zero-order valence-electron chi connectivity index (χ0n) is 19.3. The van der Waals surface area contributed by atoms with Crippen LogP contribution in [0.15, 0.2) is 41.3 Å². The topological polar surface area (TPSA) is 114 Å². The van der Waals surface area contributed by atoms with Crippen LogP contribution < -0.4 is 0 Å². The Hall–Kier alpha value is -2.97. The van der Waals surface area contributed by atoms with Crippen molar-refractivity contribution in [1.82, 2.24) is 19.4 Å². The first-order chi connectivity index (χ1) is 16.8. The summed E-state index contributed by atoms with van der Waals surface area (Å²) in [6.45, 7) is 3.73. The number of alkyl halides is 3. The number of aliphatic hydroxyl groups is 1. The normalized spacial score (nSPS) is 16.8. The van der Waals surface area contributed by atoms with Gasteiger partial charge >= 0.3 is 18.1 Å². The van der Waals surface area contributed by atoms with Crippen molar-refractivity contribution in [3.8, 4) is 0 Å². The molecule has 1 fully saturated rings. The Morgan fingerprint density at radius 2 is 1.86 bits per heavy atom. The minimum atomic E-state index is -4.39. The molecular weight excluding hydrogens is 551 g/mol. The first kappa shape index (κ1) is 27.6. The number of piperazine rings is 1. The van der Waals surface area contributed by atoms with Crippen molar-refractivity contribution in [3.63, 3.8) is 0 Å². The molecule has 1 amide bonds. The van der Waals surface area contributed by atoms with Crippen LogP contribution in [-0.4, -0.2) is 80.4 Å². The minimum Gasteiger partial charge on any atom is -0.445 e. The quantitative estimate of drug-likeness (QED) is 0.376. The van der Waals surface area contributed by atoms with Gasteiger partial charge in [-0.2, -0.15) is 13.2 Å². The van der Waals surface area contributed by atoms with Crippen molar-refractivity contribution in [2.24, 2.45) is 0 Å². The number of rotatable bonds is 8. The number of hydrogen-bond acceptors (Lipinski definition) is 7. The van der Waals surface area contributed by atoms with Gasteiger partial charge in [0.15, 0.2) is 0 Å². The Morgan fingerprint density at radius 3 is 2.42 bits per heavy atom. The maximum atomic E-state index is 12.6. The number of ether oxygens (including phenoxy) is 1. The van der Waals surface area contributed by atoms with E-state index >= 15 is 0 Å². The fourth-order valence-corrected chi connectivity index (χ4v) is 4.15. The van der Waals surface area contributed by atoms with Gasteiger partial charge in [-0.3, -0.25) is 9.47 Å². The lowest BCUT2D eigenvalue weighted by Crippen LogP contribution is -2.53. The molecule has 0 saturated carbocycles. The molecule has 0 aliphatic carbocycles. The highest BCUT2D eigenvalue weighted by atomic mass is 79.9. The third kappa shape index (κ3) is 7.77. The summed E-state index contributed by atoms with van der Waals surface area (Å²) in [6.07, 6.45) is -0.530. The van der Waals surface area contributed by atoms with Gasteiger partial charge in [0.25, 0.3) is 4.73 Å². The van der Waals surface area contributed by atoms with E-state index in [1.165, 1.54) is 27.8 Å². The highest BCUT2D eigenvalue weighted by molar-refractivity contribution is 9.10. The van der Waals surface area contributed by atoms with Crippen LogP contribution in [0.4, 0.5) is 23.8 Å². The standard InChI is InChI=1S/C22H25BrF3N5O5/c1-21(33,15-30-13-18(31(34)35)27-19(30)23)14-28-8-10-29(11-9-28)20(32)36-12-2-3-16-4-6-17(7-5-16)22(24,25)26/h2-7,13,33H,8-12,14-15H2,1H3. The molecule has 0 radical (unpaired) electrons. The number of imidazole rings is 1. The molecule has 1 atom stereocenters. The second kappa shape index (κ2) is 11.4. The van der Waals surface area contributed by atoms with Gasteiger partial charge in [-0.15, -0.1) is 0 Å². The molecule has 1 saturated heterocycles. The summed E-state index contributed by atoms with van der Waals surface area (Å²) in [7, 11) is 0. The summed E-state index contributed by atoms with van der Waals surface area (Å²) in [5.74, 6) is -0.320. The van der Waals surface area contributed by atoms with Crippen molar-refractivity contribution >= 4 is 33.9 Å². The summed E-state index contributed by atoms with van der Waals surface area (Å²) in [5, 5.41) is 21.7. The smallest absolute Gasteiger partial charge is 0.416 e. The third-order valence-electron chi connectivity index (χ3n) is 5.46. The lowest BCUT2D eigenvalue weighted by Gasteiger charge is -2.37. The van der Waals surface area contributed by atoms with E-state index in [0.717, 1.165) is 12.1 Å². The van der Waals surface area contributed by atoms with Crippen LogP contribution in [0.5, 0.6) is 0 Å². The number of nitro groups is 1. The number of β-amino-alcohol motifs (C(OH)–C–C–N with tert-alkyl or cyclic N) is 1. The Bertz CT molecular complexity index is 1100. The Balaban J connectivity index is 1.41. The van der Waals surface area contributed by atoms with Gasteiger partial charge in [0.1, 0.15) is 12.8 Å². The van der Waals surface area contributed by atoms with E-state index in [2.05, 4.69) is 20.9 Å². The molecule has 1 aromatic heterocycles. The predicted molar refractivity (Wildman–Crippen MR) is 127 cm³/mol. The van der Waals surface area contributed by atoms with Crippen LogP contribution in [0.3, 0.4) is 0 Å². The first-order valence-electron chi connectivity index (χ1n) is 10.9. The second-order valence-electron chi connectivity index (χ2n) is 8.61. The molecule has 36 heavy (non-hydrogen) atoms. The SMILES string of the molecule is CC(O)(CN1CCN(C(=O)OCC=Cc2ccc(C(F)(F)F)cc2)CC1)Cn1cc([N+](=O)[O-])nc1Br. The van der Waals surface area contributed by atoms with Crippen molar-refractivity contribution in [1.29, 1.82) is 0 Å². The zero-order valence-corrected chi connectivity index (χ0v) is 20.9. The zero-order chi connectivity index (χ0) is 26.5. The van der Waals surface area contributed by atoms with Crippen LogP contribution in [0.25, 0.3) is 6.08 Å². The van der Waals surface area contributed by atoms with Crippen LogP contribution >= 0.6 is 15.9 Å². The molecule has 1 aromatic carbocycles. The van der Waals surface area contributed by atoms with Gasteiger partial charge in [-0.25, -0.2) is 4.79 Å². The number of benzene rings is 1. The van der Waals surface area contributed by atoms with Crippen molar-refractivity contribution in [2.75, 3.05) is 39.3 Å². The van der Waals surface area contributed by atoms with Crippen LogP contribution in [0.1, 0.15) is 18.1 Å². The maximum absolute atomic E-state index is 12.6. The van der Waals surface area contributed by atoms with E-state index in [-0.39, 0.29) is 30.2 Å². The molecular formula is C22H25BrF3N5O5. The molecule has 2 aromatic rings. The fourth-order valence-electron chi connectivity index (χ4n) is 3.74. The van der Waals surface area contributed by atoms with Crippen LogP contribution in [0.2, 0.25) is 0 Å². The third-order valence-corrected chi connectivity index (χ3v) is 6.09. The van der Waals surface area contributed by atoms with E-state index in [1.807, 2.05) is 4.90 Å². The lowest BCUT2D eigenvalue weighted by molar-refractivity contribution is -0.389. The lowest BCUT2D eigenvalue weighted by atomic mass is 10.1. The highest BCUT2D eigenvalue weighted by Crippen LogP contribution is 2.29. The molecule has 1 unspecified atom stereocenters. The molecule has 0 spiro atoms. The fraction of sp³-hybridized carbons (Fsp3) is 0.455. The highest BCUT2D eigenvalue weighted by Gasteiger charge is 2.31. The van der Waals surface area contributed by atoms with E-state index in [4.69, 9.17) is 4.74 Å². The number of halogens is 4. The summed E-state index contributed by atoms with van der Waals surface area (Å²) in [4.78, 5) is 29.9. The molecule has 2 heterocycles. The van der Waals surface area contributed by atoms with Gasteiger partial charge in [-0.1, -0.05) is 18.2 Å². The average molecular weight is 576 g/mol. The van der Waals surface area contributed by atoms with E-state index in [9.17, 15) is 33.2 Å². The summed E-state index contributed by atoms with van der Waals surface area (Å²) in [5.41, 5.74) is -1.38. The largest absolute Gasteiger partial charge is 0.445 e. The molecule has 0 bridgehead atoms. The average Bonchev–Trinajstić information content (AvgIpc) is 3.16. The van der Waals surface area contributed by atoms with Gasteiger partial charge in [0.2, 0.25) is 0 Å². The number of aromatic nitrogens is 2. The van der Waals surface area contributed by atoms with Crippen LogP contribution in [-0.2, 0) is 17.5 Å². The predicted octanol–water partition coefficient (Wildman–Crippen LogP) is 3.79. The number of hydrogen-bond donors (Lipinski definition) is 1. The minimum absolute atomic E-state index is 0.0271. The van der Waals surface area contributed by atoms with Crippen molar-refractivity contribution in [3.05, 3.63) is 62.5 Å². The van der Waals surface area contributed by atoms with Gasteiger partial charge < -0.3 is 24.9 Å². The molecule has 1 aliphatic heterocycles. The number of carbonyl (C=O) groups is 1. The first-order valence-corrected chi connectivity index (χ1v) is 11.7. The molecule has 3 rings (SSSR count). The molecule has 10 nitrogen and oxygen atoms in total. The monoisotopic (exact) mass is 575 g/mol. The summed E-state index contributed by atoms with van der Waals surface area (Å²) in [6, 6.07) is 4.64. The Morgan fingerprint density at radius 1 is 1.22 bits per heavy atom. The van der Waals surface area contributed by atoms with Crippen molar-refractivity contribution < 1.29 is 32.7 Å². The van der Waals surface area contributed by atoms with Crippen molar-refractivity contribution in [2.45, 2.75) is 25.2 Å². The number of carbonyl (C=O) groups excluding carboxylic acids is 1. The van der Waals surface area contributed by atoms with Gasteiger partial charge in [-0.05, 0) is 40.6 Å².